The Balaban J connectivity index is 1.83. The van der Waals surface area contributed by atoms with Crippen molar-refractivity contribution >= 4 is 22.5 Å². The summed E-state index contributed by atoms with van der Waals surface area (Å²) in [5.41, 5.74) is 0.644. The first-order valence-corrected chi connectivity index (χ1v) is 8.69. The number of carbonyl (C=O) groups excluding carboxylic acids is 1. The van der Waals surface area contributed by atoms with Crippen LogP contribution in [0.1, 0.15) is 10.4 Å². The third kappa shape index (κ3) is 4.80. The monoisotopic (exact) mass is 416 g/mol. The molecule has 154 valence electrons. The molecule has 0 spiro atoms. The maximum atomic E-state index is 13.1. The molecule has 0 unspecified atom stereocenters. The van der Waals surface area contributed by atoms with E-state index in [1.807, 2.05) is 6.07 Å². The lowest BCUT2D eigenvalue weighted by atomic mass is 10.0. The molecule has 0 aliphatic rings. The number of hydrogen-bond donors (Lipinski definition) is 3. The smallest absolute Gasteiger partial charge is 0.375 e. The molecule has 5 nitrogen and oxygen atoms in total. The number of alkyl halides is 3. The average molecular weight is 416 g/mol. The van der Waals surface area contributed by atoms with Gasteiger partial charge in [-0.05, 0) is 35.9 Å². The summed E-state index contributed by atoms with van der Waals surface area (Å²) in [6.07, 6.45) is -2.74. The Kier molecular flexibility index (Phi) is 5.81. The molecule has 9 heteroatoms. The lowest BCUT2D eigenvalue weighted by Crippen LogP contribution is -2.32. The van der Waals surface area contributed by atoms with Crippen molar-refractivity contribution in [2.75, 3.05) is 7.05 Å². The van der Waals surface area contributed by atoms with Gasteiger partial charge in [-0.2, -0.15) is 13.2 Å². The van der Waals surface area contributed by atoms with E-state index in [0.29, 0.717) is 11.6 Å². The number of hydrogen-bond acceptors (Lipinski definition) is 4. The molecule has 0 saturated heterocycles. The molecule has 0 aliphatic carbocycles. The maximum absolute atomic E-state index is 13.1. The van der Waals surface area contributed by atoms with E-state index in [4.69, 9.17) is 5.41 Å². The highest BCUT2D eigenvalue weighted by Gasteiger charge is 2.33. The zero-order valence-corrected chi connectivity index (χ0v) is 15.6. The summed E-state index contributed by atoms with van der Waals surface area (Å²) in [5, 5.41) is 12.5. The minimum absolute atomic E-state index is 0.184. The molecule has 3 rings (SSSR count). The zero-order chi connectivity index (χ0) is 21.9. The number of nitrogens with one attached hydrogen (secondary N) is 3. The fourth-order valence-electron chi connectivity index (χ4n) is 2.65. The number of benzene rings is 2. The van der Waals surface area contributed by atoms with E-state index in [9.17, 15) is 22.4 Å². The molecule has 1 amide bonds. The molecule has 0 bridgehead atoms. The van der Waals surface area contributed by atoms with E-state index in [1.165, 1.54) is 31.3 Å². The van der Waals surface area contributed by atoms with Crippen LogP contribution in [0.5, 0.6) is 0 Å². The summed E-state index contributed by atoms with van der Waals surface area (Å²) in [6, 6.07) is 12.5. The van der Waals surface area contributed by atoms with E-state index in [0.717, 1.165) is 16.5 Å². The van der Waals surface area contributed by atoms with Gasteiger partial charge in [0.05, 0.1) is 5.52 Å². The van der Waals surface area contributed by atoms with Gasteiger partial charge in [0.15, 0.2) is 0 Å². The van der Waals surface area contributed by atoms with Gasteiger partial charge in [-0.3, -0.25) is 15.2 Å². The van der Waals surface area contributed by atoms with Gasteiger partial charge in [0.2, 0.25) is 0 Å². The topological polar surface area (TPSA) is 77.9 Å². The second-order valence-corrected chi connectivity index (χ2v) is 6.31. The van der Waals surface area contributed by atoms with Crippen LogP contribution in [0.4, 0.5) is 17.6 Å². The zero-order valence-electron chi connectivity index (χ0n) is 15.6. The molecule has 0 saturated carbocycles. The lowest BCUT2D eigenvalue weighted by Gasteiger charge is -2.11. The van der Waals surface area contributed by atoms with Crippen molar-refractivity contribution in [1.82, 2.24) is 15.6 Å². The molecule has 1 aromatic heterocycles. The van der Waals surface area contributed by atoms with Crippen LogP contribution >= 0.6 is 0 Å². The van der Waals surface area contributed by atoms with Gasteiger partial charge >= 0.3 is 6.18 Å². The molecule has 0 fully saturated rings. The number of halogens is 4. The Morgan fingerprint density at radius 3 is 2.40 bits per heavy atom. The van der Waals surface area contributed by atoms with Gasteiger partial charge in [0.25, 0.3) is 5.91 Å². The second kappa shape index (κ2) is 8.32. The number of aromatic nitrogens is 1. The first kappa shape index (κ1) is 21.0. The van der Waals surface area contributed by atoms with Crippen LogP contribution in [0.2, 0.25) is 0 Å². The van der Waals surface area contributed by atoms with E-state index >= 15 is 0 Å². The standard InChI is InChI=1S/C21H16F4N4O/c1-27-19(10-18(26)21(23,24)25)29-20(30)14-3-2-13-8-15(11-28-17(13)9-14)12-4-6-16(22)7-5-12/h2-11,26-27H,1H3,(H,29,30)/b19-10+,26-18?. The molecule has 2 aromatic carbocycles. The van der Waals surface area contributed by atoms with Crippen LogP contribution in [0.15, 0.2) is 66.6 Å². The summed E-state index contributed by atoms with van der Waals surface area (Å²) >= 11 is 0. The molecule has 3 aromatic rings. The minimum Gasteiger partial charge on any atom is -0.375 e. The number of amides is 1. The highest BCUT2D eigenvalue weighted by atomic mass is 19.4. The number of carbonyl (C=O) groups is 1. The van der Waals surface area contributed by atoms with Crippen LogP contribution < -0.4 is 10.6 Å². The predicted molar refractivity (Wildman–Crippen MR) is 106 cm³/mol. The van der Waals surface area contributed by atoms with Crippen molar-refractivity contribution in [3.63, 3.8) is 0 Å². The Morgan fingerprint density at radius 1 is 1.07 bits per heavy atom. The molecule has 0 radical (unpaired) electrons. The Morgan fingerprint density at radius 2 is 1.77 bits per heavy atom. The first-order chi connectivity index (χ1) is 14.2. The average Bonchev–Trinajstić information content (AvgIpc) is 2.72. The minimum atomic E-state index is -4.82. The number of nitrogens with zero attached hydrogens (tertiary/aromatic N) is 1. The van der Waals surface area contributed by atoms with Gasteiger partial charge in [-0.25, -0.2) is 4.39 Å². The number of fused-ring (bicyclic) bond motifs is 1. The normalized spacial score (nSPS) is 12.0. The van der Waals surface area contributed by atoms with Crippen LogP contribution in [-0.2, 0) is 0 Å². The SMILES string of the molecule is CN/C(=C\C(=N)C(F)(F)F)NC(=O)c1ccc2cc(-c3ccc(F)cc3)cnc2c1. The largest absolute Gasteiger partial charge is 0.432 e. The van der Waals surface area contributed by atoms with E-state index in [-0.39, 0.29) is 17.2 Å². The Hall–Kier alpha value is -3.75. The van der Waals surface area contributed by atoms with Gasteiger partial charge in [-0.1, -0.05) is 18.2 Å². The van der Waals surface area contributed by atoms with Crippen LogP contribution in [0.25, 0.3) is 22.0 Å². The van der Waals surface area contributed by atoms with Crippen molar-refractivity contribution in [3.05, 3.63) is 78.0 Å². The molecule has 3 N–H and O–H groups in total. The number of allylic oxidation sites excluding steroid dienone is 1. The van der Waals surface area contributed by atoms with Crippen molar-refractivity contribution in [1.29, 1.82) is 5.41 Å². The van der Waals surface area contributed by atoms with Crippen molar-refractivity contribution in [2.45, 2.75) is 6.18 Å². The molecule has 0 aliphatic heterocycles. The number of rotatable bonds is 5. The molecule has 30 heavy (non-hydrogen) atoms. The highest BCUT2D eigenvalue weighted by molar-refractivity contribution is 6.01. The summed E-state index contributed by atoms with van der Waals surface area (Å²) in [4.78, 5) is 16.7. The van der Waals surface area contributed by atoms with Gasteiger partial charge in [0.1, 0.15) is 17.3 Å². The van der Waals surface area contributed by atoms with Crippen LogP contribution in [-0.4, -0.2) is 29.8 Å². The van der Waals surface area contributed by atoms with Crippen molar-refractivity contribution in [3.8, 4) is 11.1 Å². The van der Waals surface area contributed by atoms with E-state index < -0.39 is 17.8 Å². The molecular weight excluding hydrogens is 400 g/mol. The Labute approximate surface area is 168 Å². The van der Waals surface area contributed by atoms with E-state index in [1.54, 1.807) is 24.4 Å². The predicted octanol–water partition coefficient (Wildman–Crippen LogP) is 4.41. The maximum Gasteiger partial charge on any atom is 0.432 e. The quantitative estimate of drug-likeness (QED) is 0.426. The fraction of sp³-hybridized carbons (Fsp3) is 0.0952. The highest BCUT2D eigenvalue weighted by Crippen LogP contribution is 2.24. The van der Waals surface area contributed by atoms with Crippen molar-refractivity contribution < 1.29 is 22.4 Å². The third-order valence-corrected chi connectivity index (χ3v) is 4.24. The van der Waals surface area contributed by atoms with Crippen molar-refractivity contribution in [2.24, 2.45) is 0 Å². The van der Waals surface area contributed by atoms with E-state index in [2.05, 4.69) is 15.6 Å². The fourth-order valence-corrected chi connectivity index (χ4v) is 2.65. The summed E-state index contributed by atoms with van der Waals surface area (Å²) in [5.74, 6) is -1.26. The first-order valence-electron chi connectivity index (χ1n) is 8.69. The summed E-state index contributed by atoms with van der Waals surface area (Å²) < 4.78 is 50.6. The van der Waals surface area contributed by atoms with Crippen LogP contribution in [0, 0.1) is 11.2 Å². The second-order valence-electron chi connectivity index (χ2n) is 6.31. The van der Waals surface area contributed by atoms with Gasteiger partial charge in [0, 0.05) is 35.8 Å². The number of pyridine rings is 1. The molecule has 1 heterocycles. The third-order valence-electron chi connectivity index (χ3n) is 4.24. The van der Waals surface area contributed by atoms with Gasteiger partial charge in [-0.15, -0.1) is 0 Å². The van der Waals surface area contributed by atoms with Crippen LogP contribution in [0.3, 0.4) is 0 Å². The molecule has 0 atom stereocenters. The molecular formula is C21H16F4N4O. The van der Waals surface area contributed by atoms with Gasteiger partial charge < -0.3 is 10.6 Å². The lowest BCUT2D eigenvalue weighted by molar-refractivity contribution is -0.0584. The summed E-state index contributed by atoms with van der Waals surface area (Å²) in [6.45, 7) is 0. The summed E-state index contributed by atoms with van der Waals surface area (Å²) in [7, 11) is 1.33. The Bertz CT molecular complexity index is 1140.